The molecular weight excluding hydrogens is 438 g/mol. The highest BCUT2D eigenvalue weighted by molar-refractivity contribution is 7.92. The molecule has 0 bridgehead atoms. The molecule has 2 aromatic carbocycles. The number of likely N-dealkylation sites (N-methyl/N-ethyl adjacent to an activating group) is 1. The van der Waals surface area contributed by atoms with Gasteiger partial charge in [0.2, 0.25) is 21.8 Å². The third kappa shape index (κ3) is 6.45. The van der Waals surface area contributed by atoms with Crippen LogP contribution in [0.1, 0.15) is 24.5 Å². The molecule has 168 valence electrons. The summed E-state index contributed by atoms with van der Waals surface area (Å²) in [5.41, 5.74) is 1.92. The molecule has 2 amide bonds. The van der Waals surface area contributed by atoms with Gasteiger partial charge in [0.05, 0.1) is 11.9 Å². The lowest BCUT2D eigenvalue weighted by molar-refractivity contribution is -0.140. The Morgan fingerprint density at radius 3 is 2.35 bits per heavy atom. The van der Waals surface area contributed by atoms with Crippen LogP contribution in [0.15, 0.2) is 48.5 Å². The lowest BCUT2D eigenvalue weighted by Crippen LogP contribution is -2.51. The van der Waals surface area contributed by atoms with Gasteiger partial charge in [0, 0.05) is 18.6 Å². The Morgan fingerprint density at radius 2 is 1.81 bits per heavy atom. The Hall–Kier alpha value is -2.58. The molecule has 2 rings (SSSR count). The van der Waals surface area contributed by atoms with Crippen molar-refractivity contribution in [3.05, 3.63) is 64.7 Å². The van der Waals surface area contributed by atoms with Crippen molar-refractivity contribution in [1.82, 2.24) is 10.2 Å². The van der Waals surface area contributed by atoms with Crippen LogP contribution < -0.4 is 9.62 Å². The first-order valence-corrected chi connectivity index (χ1v) is 12.1. The fourth-order valence-corrected chi connectivity index (χ4v) is 4.33. The summed E-state index contributed by atoms with van der Waals surface area (Å²) in [7, 11) is -2.24. The zero-order chi connectivity index (χ0) is 23.2. The van der Waals surface area contributed by atoms with E-state index >= 15 is 0 Å². The lowest BCUT2D eigenvalue weighted by atomic mass is 10.1. The van der Waals surface area contributed by atoms with Crippen LogP contribution in [-0.4, -0.2) is 51.0 Å². The highest BCUT2D eigenvalue weighted by Gasteiger charge is 2.31. The summed E-state index contributed by atoms with van der Waals surface area (Å²) in [5, 5.41) is 3.04. The first kappa shape index (κ1) is 24.7. The van der Waals surface area contributed by atoms with E-state index in [1.54, 1.807) is 49.4 Å². The smallest absolute Gasteiger partial charge is 0.244 e. The van der Waals surface area contributed by atoms with Gasteiger partial charge in [-0.1, -0.05) is 48.9 Å². The van der Waals surface area contributed by atoms with Crippen molar-refractivity contribution in [3.63, 3.8) is 0 Å². The Kier molecular flexibility index (Phi) is 8.47. The van der Waals surface area contributed by atoms with E-state index in [-0.39, 0.29) is 12.5 Å². The normalized spacial score (nSPS) is 12.2. The molecule has 1 N–H and O–H groups in total. The van der Waals surface area contributed by atoms with Crippen LogP contribution >= 0.6 is 11.6 Å². The SMILES string of the molecule is CCC(C(=O)NC)N(Cc1ccccc1Cl)C(=O)CN(c1cccc(C)c1)S(C)(=O)=O. The molecule has 1 atom stereocenters. The standard InChI is InChI=1S/C22H28ClN3O4S/c1-5-20(22(28)24-3)25(14-17-10-6-7-12-19(17)23)21(27)15-26(31(4,29)30)18-11-8-9-16(2)13-18/h6-13,20H,5,14-15H2,1-4H3,(H,24,28). The Morgan fingerprint density at radius 1 is 1.13 bits per heavy atom. The second-order valence-corrected chi connectivity index (χ2v) is 9.57. The van der Waals surface area contributed by atoms with Crippen molar-refractivity contribution in [2.75, 3.05) is 24.2 Å². The summed E-state index contributed by atoms with van der Waals surface area (Å²) in [6.07, 6.45) is 1.41. The Bertz CT molecular complexity index is 1040. The number of hydrogen-bond acceptors (Lipinski definition) is 4. The van der Waals surface area contributed by atoms with Crippen LogP contribution in [0.4, 0.5) is 5.69 Å². The van der Waals surface area contributed by atoms with Crippen LogP contribution in [0.25, 0.3) is 0 Å². The van der Waals surface area contributed by atoms with Gasteiger partial charge in [0.25, 0.3) is 0 Å². The molecule has 0 saturated carbocycles. The molecule has 1 unspecified atom stereocenters. The quantitative estimate of drug-likeness (QED) is 0.616. The van der Waals surface area contributed by atoms with E-state index in [1.165, 1.54) is 11.9 Å². The van der Waals surface area contributed by atoms with Gasteiger partial charge in [0.1, 0.15) is 12.6 Å². The fourth-order valence-electron chi connectivity index (χ4n) is 3.29. The Labute approximate surface area is 189 Å². The van der Waals surface area contributed by atoms with Gasteiger partial charge < -0.3 is 10.2 Å². The minimum absolute atomic E-state index is 0.0792. The summed E-state index contributed by atoms with van der Waals surface area (Å²) < 4.78 is 26.0. The van der Waals surface area contributed by atoms with Gasteiger partial charge in [-0.3, -0.25) is 13.9 Å². The van der Waals surface area contributed by atoms with Crippen molar-refractivity contribution in [1.29, 1.82) is 0 Å². The van der Waals surface area contributed by atoms with Crippen molar-refractivity contribution < 1.29 is 18.0 Å². The zero-order valence-corrected chi connectivity index (χ0v) is 19.7. The minimum Gasteiger partial charge on any atom is -0.357 e. The first-order chi connectivity index (χ1) is 14.6. The van der Waals surface area contributed by atoms with Gasteiger partial charge in [-0.25, -0.2) is 8.42 Å². The molecule has 0 aliphatic heterocycles. The number of aryl methyl sites for hydroxylation is 1. The molecule has 0 aliphatic carbocycles. The monoisotopic (exact) mass is 465 g/mol. The van der Waals surface area contributed by atoms with Gasteiger partial charge in [-0.15, -0.1) is 0 Å². The highest BCUT2D eigenvalue weighted by atomic mass is 35.5. The molecular formula is C22H28ClN3O4S. The maximum atomic E-state index is 13.4. The molecule has 2 aromatic rings. The average molecular weight is 466 g/mol. The zero-order valence-electron chi connectivity index (χ0n) is 18.1. The second-order valence-electron chi connectivity index (χ2n) is 7.26. The van der Waals surface area contributed by atoms with Crippen molar-refractivity contribution in [2.45, 2.75) is 32.9 Å². The van der Waals surface area contributed by atoms with Crippen molar-refractivity contribution in [3.8, 4) is 0 Å². The number of hydrogen-bond donors (Lipinski definition) is 1. The molecule has 0 fully saturated rings. The van der Waals surface area contributed by atoms with Gasteiger partial charge in [-0.05, 0) is 42.7 Å². The van der Waals surface area contributed by atoms with Gasteiger partial charge in [-0.2, -0.15) is 0 Å². The summed E-state index contributed by atoms with van der Waals surface area (Å²) in [4.78, 5) is 27.3. The van der Waals surface area contributed by atoms with Crippen molar-refractivity contribution >= 4 is 39.1 Å². The number of amides is 2. The summed E-state index contributed by atoms with van der Waals surface area (Å²) in [5.74, 6) is -0.827. The van der Waals surface area contributed by atoms with Crippen LogP contribution in [0, 0.1) is 6.92 Å². The predicted molar refractivity (Wildman–Crippen MR) is 124 cm³/mol. The van der Waals surface area contributed by atoms with E-state index < -0.39 is 28.5 Å². The van der Waals surface area contributed by atoms with E-state index in [0.717, 1.165) is 16.1 Å². The minimum atomic E-state index is -3.74. The third-order valence-electron chi connectivity index (χ3n) is 4.90. The average Bonchev–Trinajstić information content (AvgIpc) is 2.71. The maximum absolute atomic E-state index is 13.4. The fraction of sp³-hybridized carbons (Fsp3) is 0.364. The number of nitrogens with one attached hydrogen (secondary N) is 1. The number of carbonyl (C=O) groups excluding carboxylic acids is 2. The Balaban J connectivity index is 2.44. The van der Waals surface area contributed by atoms with Crippen LogP contribution in [0.3, 0.4) is 0 Å². The number of halogens is 1. The topological polar surface area (TPSA) is 86.8 Å². The van der Waals surface area contributed by atoms with Crippen LogP contribution in [0.2, 0.25) is 5.02 Å². The van der Waals surface area contributed by atoms with Crippen LogP contribution in [0.5, 0.6) is 0 Å². The molecule has 7 nitrogen and oxygen atoms in total. The third-order valence-corrected chi connectivity index (χ3v) is 6.41. The molecule has 0 heterocycles. The van der Waals surface area contributed by atoms with Crippen molar-refractivity contribution in [2.24, 2.45) is 0 Å². The summed E-state index contributed by atoms with van der Waals surface area (Å²) >= 11 is 6.28. The first-order valence-electron chi connectivity index (χ1n) is 9.87. The number of sulfonamides is 1. The lowest BCUT2D eigenvalue weighted by Gasteiger charge is -2.32. The highest BCUT2D eigenvalue weighted by Crippen LogP contribution is 2.22. The summed E-state index contributed by atoms with van der Waals surface area (Å²) in [6, 6.07) is 13.2. The van der Waals surface area contributed by atoms with E-state index in [9.17, 15) is 18.0 Å². The largest absolute Gasteiger partial charge is 0.357 e. The second kappa shape index (κ2) is 10.6. The molecule has 0 spiro atoms. The molecule has 0 aliphatic rings. The number of benzene rings is 2. The van der Waals surface area contributed by atoms with Crippen LogP contribution in [-0.2, 0) is 26.2 Å². The van der Waals surface area contributed by atoms with E-state index in [0.29, 0.717) is 22.7 Å². The number of carbonyl (C=O) groups is 2. The molecule has 0 radical (unpaired) electrons. The molecule has 9 heteroatoms. The van der Waals surface area contributed by atoms with E-state index in [4.69, 9.17) is 11.6 Å². The molecule has 31 heavy (non-hydrogen) atoms. The maximum Gasteiger partial charge on any atom is 0.244 e. The number of rotatable bonds is 9. The van der Waals surface area contributed by atoms with E-state index in [1.807, 2.05) is 13.0 Å². The van der Waals surface area contributed by atoms with Gasteiger partial charge >= 0.3 is 0 Å². The number of anilines is 1. The predicted octanol–water partition coefficient (Wildman–Crippen LogP) is 2.97. The van der Waals surface area contributed by atoms with Gasteiger partial charge in [0.15, 0.2) is 0 Å². The van der Waals surface area contributed by atoms with E-state index in [2.05, 4.69) is 5.32 Å². The molecule has 0 aromatic heterocycles. The number of nitrogens with zero attached hydrogens (tertiary/aromatic N) is 2. The molecule has 0 saturated heterocycles. The summed E-state index contributed by atoms with van der Waals surface area (Å²) in [6.45, 7) is 3.28.